The Hall–Kier alpha value is -1.84. The number of oxime groups is 1. The summed E-state index contributed by atoms with van der Waals surface area (Å²) in [6, 6.07) is 7.41. The minimum atomic E-state index is -0.282. The number of amides is 1. The zero-order valence-electron chi connectivity index (χ0n) is 12.1. The van der Waals surface area contributed by atoms with E-state index in [1.807, 2.05) is 31.2 Å². The molecule has 0 aromatic heterocycles. The normalized spacial score (nSPS) is 18.6. The lowest BCUT2D eigenvalue weighted by Gasteiger charge is -2.32. The van der Waals surface area contributed by atoms with Gasteiger partial charge in [-0.25, -0.2) is 0 Å². The molecular weight excluding hydrogens is 252 g/mol. The summed E-state index contributed by atoms with van der Waals surface area (Å²) in [5, 5.41) is 15.1. The molecule has 1 aliphatic carbocycles. The van der Waals surface area contributed by atoms with Gasteiger partial charge >= 0.3 is 0 Å². The van der Waals surface area contributed by atoms with E-state index in [2.05, 4.69) is 10.5 Å². The Balaban J connectivity index is 2.20. The Labute approximate surface area is 119 Å². The molecule has 0 atom stereocenters. The molecular formula is C16H22N2O2. The highest BCUT2D eigenvalue weighted by Crippen LogP contribution is 2.37. The lowest BCUT2D eigenvalue weighted by molar-refractivity contribution is -0.126. The molecule has 0 unspecified atom stereocenters. The molecule has 1 aromatic rings. The van der Waals surface area contributed by atoms with E-state index in [1.165, 1.54) is 6.42 Å². The van der Waals surface area contributed by atoms with Crippen LogP contribution in [0.15, 0.2) is 29.4 Å². The molecule has 0 bridgehead atoms. The molecule has 108 valence electrons. The third-order valence-corrected chi connectivity index (χ3v) is 4.22. The van der Waals surface area contributed by atoms with Crippen LogP contribution in [0.25, 0.3) is 0 Å². The number of carbonyl (C=O) groups excluding carboxylic acids is 1. The zero-order chi connectivity index (χ0) is 14.6. The molecule has 2 N–H and O–H groups in total. The lowest BCUT2D eigenvalue weighted by atomic mass is 9.75. The fourth-order valence-electron chi connectivity index (χ4n) is 2.79. The van der Waals surface area contributed by atoms with Crippen LogP contribution in [-0.4, -0.2) is 16.8 Å². The van der Waals surface area contributed by atoms with E-state index in [1.54, 1.807) is 6.92 Å². The molecule has 4 heteroatoms. The van der Waals surface area contributed by atoms with E-state index >= 15 is 0 Å². The molecule has 20 heavy (non-hydrogen) atoms. The third-order valence-electron chi connectivity index (χ3n) is 4.22. The second-order valence-electron chi connectivity index (χ2n) is 5.81. The summed E-state index contributed by atoms with van der Waals surface area (Å²) in [5.41, 5.74) is 1.67. The third kappa shape index (κ3) is 3.00. The van der Waals surface area contributed by atoms with Crippen LogP contribution in [0.2, 0.25) is 0 Å². The van der Waals surface area contributed by atoms with Gasteiger partial charge in [-0.3, -0.25) is 4.79 Å². The quantitative estimate of drug-likeness (QED) is 0.500. The number of nitrogens with zero attached hydrogens (tertiary/aromatic N) is 1. The summed E-state index contributed by atoms with van der Waals surface area (Å²) in [6.45, 7) is 3.75. The second kappa shape index (κ2) is 6.07. The van der Waals surface area contributed by atoms with Gasteiger partial charge in [0.15, 0.2) is 0 Å². The predicted molar refractivity (Wildman–Crippen MR) is 80.3 cm³/mol. The molecule has 1 saturated carbocycles. The van der Waals surface area contributed by atoms with Gasteiger partial charge in [-0.15, -0.1) is 0 Å². The topological polar surface area (TPSA) is 61.7 Å². The number of para-hydroxylation sites is 1. The van der Waals surface area contributed by atoms with Crippen molar-refractivity contribution in [1.29, 1.82) is 0 Å². The number of rotatable bonds is 3. The number of hydrogen-bond acceptors (Lipinski definition) is 3. The number of hydrogen-bond donors (Lipinski definition) is 2. The first-order valence-electron chi connectivity index (χ1n) is 7.16. The minimum Gasteiger partial charge on any atom is -0.411 e. The van der Waals surface area contributed by atoms with Crippen LogP contribution in [0.3, 0.4) is 0 Å². The number of carbonyl (C=O) groups is 1. The monoisotopic (exact) mass is 274 g/mol. The second-order valence-corrected chi connectivity index (χ2v) is 5.81. The maximum atomic E-state index is 12.5. The van der Waals surface area contributed by atoms with Gasteiger partial charge in [-0.2, -0.15) is 0 Å². The van der Waals surface area contributed by atoms with Crippen molar-refractivity contribution in [3.8, 4) is 0 Å². The van der Waals surface area contributed by atoms with Crippen LogP contribution in [0.4, 0.5) is 5.69 Å². The first kappa shape index (κ1) is 14.6. The Kier molecular flexibility index (Phi) is 4.42. The Morgan fingerprint density at radius 1 is 1.25 bits per heavy atom. The molecule has 1 aliphatic rings. The predicted octanol–water partition coefficient (Wildman–Crippen LogP) is 3.79. The van der Waals surface area contributed by atoms with E-state index in [4.69, 9.17) is 5.21 Å². The van der Waals surface area contributed by atoms with Crippen LogP contribution in [0.5, 0.6) is 0 Å². The van der Waals surface area contributed by atoms with Gasteiger partial charge in [0.1, 0.15) is 0 Å². The standard InChI is InChI=1S/C16H22N2O2/c1-12(18-20)13-8-4-5-9-14(13)17-15(19)16(2)10-6-3-7-11-16/h4-5,8-9,20H,3,6-7,10-11H2,1-2H3,(H,17,19)/b18-12-. The number of anilines is 1. The van der Waals surface area contributed by atoms with Crippen LogP contribution in [-0.2, 0) is 4.79 Å². The van der Waals surface area contributed by atoms with Crippen molar-refractivity contribution in [2.75, 3.05) is 5.32 Å². The van der Waals surface area contributed by atoms with Crippen molar-refractivity contribution in [2.24, 2.45) is 10.6 Å². The van der Waals surface area contributed by atoms with Gasteiger partial charge in [0.25, 0.3) is 0 Å². The van der Waals surface area contributed by atoms with Crippen molar-refractivity contribution in [3.63, 3.8) is 0 Å². The Bertz CT molecular complexity index is 517. The molecule has 0 saturated heterocycles. The van der Waals surface area contributed by atoms with Gasteiger partial charge < -0.3 is 10.5 Å². The van der Waals surface area contributed by atoms with E-state index in [0.717, 1.165) is 31.2 Å². The van der Waals surface area contributed by atoms with Crippen LogP contribution >= 0.6 is 0 Å². The maximum absolute atomic E-state index is 12.5. The van der Waals surface area contributed by atoms with Crippen LogP contribution in [0, 0.1) is 5.41 Å². The fourth-order valence-corrected chi connectivity index (χ4v) is 2.79. The van der Waals surface area contributed by atoms with Gasteiger partial charge in [0.05, 0.1) is 5.71 Å². The van der Waals surface area contributed by atoms with Gasteiger partial charge in [-0.1, -0.05) is 49.5 Å². The smallest absolute Gasteiger partial charge is 0.230 e. The maximum Gasteiger partial charge on any atom is 0.230 e. The highest BCUT2D eigenvalue weighted by molar-refractivity contribution is 6.07. The zero-order valence-corrected chi connectivity index (χ0v) is 12.1. The molecule has 4 nitrogen and oxygen atoms in total. The van der Waals surface area contributed by atoms with Crippen LogP contribution < -0.4 is 5.32 Å². The fraction of sp³-hybridized carbons (Fsp3) is 0.500. The van der Waals surface area contributed by atoms with Crippen molar-refractivity contribution < 1.29 is 10.0 Å². The Morgan fingerprint density at radius 3 is 2.55 bits per heavy atom. The summed E-state index contributed by atoms with van der Waals surface area (Å²) in [4.78, 5) is 12.5. The minimum absolute atomic E-state index is 0.0652. The summed E-state index contributed by atoms with van der Waals surface area (Å²) < 4.78 is 0. The summed E-state index contributed by atoms with van der Waals surface area (Å²) >= 11 is 0. The van der Waals surface area contributed by atoms with E-state index in [-0.39, 0.29) is 11.3 Å². The van der Waals surface area contributed by atoms with Crippen molar-refractivity contribution in [1.82, 2.24) is 0 Å². The van der Waals surface area contributed by atoms with Gasteiger partial charge in [-0.05, 0) is 25.8 Å². The molecule has 1 aromatic carbocycles. The van der Waals surface area contributed by atoms with Gasteiger partial charge in [0.2, 0.25) is 5.91 Å². The van der Waals surface area contributed by atoms with Crippen molar-refractivity contribution >= 4 is 17.3 Å². The molecule has 0 aliphatic heterocycles. The molecule has 0 radical (unpaired) electrons. The average Bonchev–Trinajstić information content (AvgIpc) is 2.47. The molecule has 0 spiro atoms. The molecule has 2 rings (SSSR count). The summed E-state index contributed by atoms with van der Waals surface area (Å²) in [6.07, 6.45) is 5.32. The number of benzene rings is 1. The van der Waals surface area contributed by atoms with Crippen molar-refractivity contribution in [2.45, 2.75) is 46.0 Å². The molecule has 1 amide bonds. The molecule has 1 fully saturated rings. The average molecular weight is 274 g/mol. The molecule has 0 heterocycles. The van der Waals surface area contributed by atoms with Crippen molar-refractivity contribution in [3.05, 3.63) is 29.8 Å². The highest BCUT2D eigenvalue weighted by atomic mass is 16.4. The Morgan fingerprint density at radius 2 is 1.90 bits per heavy atom. The largest absolute Gasteiger partial charge is 0.411 e. The van der Waals surface area contributed by atoms with Crippen LogP contribution in [0.1, 0.15) is 51.5 Å². The van der Waals surface area contributed by atoms with E-state index < -0.39 is 0 Å². The highest BCUT2D eigenvalue weighted by Gasteiger charge is 2.34. The first-order valence-corrected chi connectivity index (χ1v) is 7.16. The number of nitrogens with one attached hydrogen (secondary N) is 1. The van der Waals surface area contributed by atoms with E-state index in [9.17, 15) is 4.79 Å². The lowest BCUT2D eigenvalue weighted by Crippen LogP contribution is -2.35. The first-order chi connectivity index (χ1) is 9.57. The summed E-state index contributed by atoms with van der Waals surface area (Å²) in [7, 11) is 0. The SMILES string of the molecule is C/C(=N/O)c1ccccc1NC(=O)C1(C)CCCCC1. The summed E-state index contributed by atoms with van der Waals surface area (Å²) in [5.74, 6) is 0.0652. The van der Waals surface area contributed by atoms with E-state index in [0.29, 0.717) is 11.4 Å². The van der Waals surface area contributed by atoms with Gasteiger partial charge in [0, 0.05) is 16.7 Å².